The van der Waals surface area contributed by atoms with Crippen molar-refractivity contribution < 1.29 is 9.53 Å². The molecule has 0 saturated carbocycles. The van der Waals surface area contributed by atoms with Crippen molar-refractivity contribution >= 4 is 5.97 Å². The average Bonchev–Trinajstić information content (AvgIpc) is 3.09. The Morgan fingerprint density at radius 2 is 0.771 bits per heavy atom. The first kappa shape index (κ1) is 47.2. The van der Waals surface area contributed by atoms with Gasteiger partial charge in [-0.15, -0.1) is 0 Å². The molecule has 0 heterocycles. The Kier molecular flexibility index (Phi) is 41.7. The molecule has 0 aromatic rings. The van der Waals surface area contributed by atoms with Gasteiger partial charge in [0.1, 0.15) is 0 Å². The van der Waals surface area contributed by atoms with Gasteiger partial charge in [-0.2, -0.15) is 0 Å². The molecule has 0 aliphatic carbocycles. The van der Waals surface area contributed by atoms with Crippen LogP contribution in [0.4, 0.5) is 0 Å². The lowest BCUT2D eigenvalue weighted by molar-refractivity contribution is -0.143. The molecule has 1 unspecified atom stereocenters. The second-order valence-electron chi connectivity index (χ2n) is 15.6. The Bertz CT molecular complexity index is 626. The number of esters is 1. The highest BCUT2D eigenvalue weighted by Crippen LogP contribution is 2.17. The zero-order chi connectivity index (χ0) is 34.9. The van der Waals surface area contributed by atoms with Gasteiger partial charge in [-0.25, -0.2) is 0 Å². The molecule has 0 spiro atoms. The largest absolute Gasteiger partial charge is 0.466 e. The Balaban J connectivity index is 3.16. The second-order valence-corrected chi connectivity index (χ2v) is 15.6. The summed E-state index contributed by atoms with van der Waals surface area (Å²) in [7, 11) is 0. The van der Waals surface area contributed by atoms with E-state index in [4.69, 9.17) is 4.74 Å². The number of carbonyl (C=O) groups is 1. The van der Waals surface area contributed by atoms with Crippen molar-refractivity contribution in [2.45, 2.75) is 265 Å². The molecule has 2 nitrogen and oxygen atoms in total. The van der Waals surface area contributed by atoms with Crippen molar-refractivity contribution in [3.8, 4) is 0 Å². The van der Waals surface area contributed by atoms with Crippen LogP contribution in [0.15, 0.2) is 12.2 Å². The lowest BCUT2D eigenvalue weighted by Gasteiger charge is -2.07. The fraction of sp³-hybridized carbons (Fsp3) is 0.935. The number of ether oxygens (including phenoxy) is 1. The van der Waals surface area contributed by atoms with Gasteiger partial charge in [0.05, 0.1) is 6.61 Å². The van der Waals surface area contributed by atoms with Crippen molar-refractivity contribution in [1.82, 2.24) is 0 Å². The molecule has 0 fully saturated rings. The highest BCUT2D eigenvalue weighted by atomic mass is 16.5. The minimum atomic E-state index is 0.0191. The fourth-order valence-corrected chi connectivity index (χ4v) is 6.93. The van der Waals surface area contributed by atoms with Gasteiger partial charge in [-0.05, 0) is 44.4 Å². The van der Waals surface area contributed by atoms with Gasteiger partial charge in [0, 0.05) is 6.42 Å². The molecule has 48 heavy (non-hydrogen) atoms. The first-order valence-corrected chi connectivity index (χ1v) is 22.5. The first-order chi connectivity index (χ1) is 23.7. The molecular formula is C46H90O2. The van der Waals surface area contributed by atoms with E-state index in [0.29, 0.717) is 13.0 Å². The summed E-state index contributed by atoms with van der Waals surface area (Å²) in [5, 5.41) is 0. The van der Waals surface area contributed by atoms with E-state index in [-0.39, 0.29) is 5.97 Å². The summed E-state index contributed by atoms with van der Waals surface area (Å²) < 4.78 is 5.46. The van der Waals surface area contributed by atoms with Crippen LogP contribution >= 0.6 is 0 Å². The van der Waals surface area contributed by atoms with Gasteiger partial charge in [0.2, 0.25) is 0 Å². The van der Waals surface area contributed by atoms with Crippen molar-refractivity contribution in [2.24, 2.45) is 5.92 Å². The molecular weight excluding hydrogens is 585 g/mol. The zero-order valence-electron chi connectivity index (χ0n) is 33.6. The molecule has 0 aromatic carbocycles. The lowest BCUT2D eigenvalue weighted by atomic mass is 9.99. The summed E-state index contributed by atoms with van der Waals surface area (Å²) in [6.07, 6.45) is 56.0. The lowest BCUT2D eigenvalue weighted by Crippen LogP contribution is -2.05. The maximum absolute atomic E-state index is 12.0. The molecule has 0 radical (unpaired) electrons. The Labute approximate surface area is 304 Å². The Hall–Kier alpha value is -0.790. The highest BCUT2D eigenvalue weighted by Gasteiger charge is 2.03. The number of carbonyl (C=O) groups excluding carboxylic acids is 1. The number of hydrogen-bond donors (Lipinski definition) is 0. The average molecular weight is 675 g/mol. The predicted molar refractivity (Wildman–Crippen MR) is 216 cm³/mol. The van der Waals surface area contributed by atoms with Crippen LogP contribution in [0.1, 0.15) is 265 Å². The normalized spacial score (nSPS) is 12.3. The van der Waals surface area contributed by atoms with Crippen LogP contribution in [0.3, 0.4) is 0 Å². The summed E-state index contributed by atoms with van der Waals surface area (Å²) in [6, 6.07) is 0. The molecule has 286 valence electrons. The number of unbranched alkanes of at least 4 members (excludes halogenated alkanes) is 32. The highest BCUT2D eigenvalue weighted by molar-refractivity contribution is 5.69. The van der Waals surface area contributed by atoms with E-state index in [9.17, 15) is 4.79 Å². The molecule has 0 aliphatic rings. The molecule has 0 N–H and O–H groups in total. The van der Waals surface area contributed by atoms with Crippen LogP contribution in [0.5, 0.6) is 0 Å². The third-order valence-electron chi connectivity index (χ3n) is 10.7. The quantitative estimate of drug-likeness (QED) is 0.0366. The number of allylic oxidation sites excluding steroid dienone is 2. The van der Waals surface area contributed by atoms with Crippen LogP contribution in [0, 0.1) is 5.92 Å². The third-order valence-corrected chi connectivity index (χ3v) is 10.7. The topological polar surface area (TPSA) is 26.3 Å². The van der Waals surface area contributed by atoms with E-state index in [1.807, 2.05) is 0 Å². The Morgan fingerprint density at radius 1 is 0.438 bits per heavy atom. The summed E-state index contributed by atoms with van der Waals surface area (Å²) in [4.78, 5) is 12.0. The molecule has 1 atom stereocenters. The van der Waals surface area contributed by atoms with E-state index < -0.39 is 0 Å². The fourth-order valence-electron chi connectivity index (χ4n) is 6.93. The van der Waals surface area contributed by atoms with Crippen LogP contribution < -0.4 is 0 Å². The van der Waals surface area contributed by atoms with Crippen molar-refractivity contribution in [2.75, 3.05) is 6.61 Å². The SMILES string of the molecule is CCCCCC/C=C\CCCCCCCC(=O)OCCCCCCCCCCCCCCCCCCCCCCCCCCC(C)CC. The molecule has 0 bridgehead atoms. The monoisotopic (exact) mass is 675 g/mol. The van der Waals surface area contributed by atoms with Crippen LogP contribution in [0.25, 0.3) is 0 Å². The first-order valence-electron chi connectivity index (χ1n) is 22.5. The van der Waals surface area contributed by atoms with Crippen molar-refractivity contribution in [3.63, 3.8) is 0 Å². The van der Waals surface area contributed by atoms with Crippen LogP contribution in [0.2, 0.25) is 0 Å². The summed E-state index contributed by atoms with van der Waals surface area (Å²) >= 11 is 0. The van der Waals surface area contributed by atoms with Crippen LogP contribution in [-0.4, -0.2) is 12.6 Å². The van der Waals surface area contributed by atoms with Gasteiger partial charge in [-0.3, -0.25) is 4.79 Å². The summed E-state index contributed by atoms with van der Waals surface area (Å²) in [5.74, 6) is 0.956. The van der Waals surface area contributed by atoms with Gasteiger partial charge in [0.25, 0.3) is 0 Å². The molecule has 0 rings (SSSR count). The van der Waals surface area contributed by atoms with Crippen molar-refractivity contribution in [1.29, 1.82) is 0 Å². The zero-order valence-corrected chi connectivity index (χ0v) is 33.6. The number of hydrogen-bond acceptors (Lipinski definition) is 2. The standard InChI is InChI=1S/C46H90O2/c1-4-6-7-8-9-10-11-24-28-31-34-37-40-43-46(47)48-44-41-38-35-32-29-26-23-21-19-17-15-13-12-14-16-18-20-22-25-27-30-33-36-39-42-45(3)5-2/h10-11,45H,4-9,12-44H2,1-3H3/b11-10-. The van der Waals surface area contributed by atoms with Crippen molar-refractivity contribution in [3.05, 3.63) is 12.2 Å². The summed E-state index contributed by atoms with van der Waals surface area (Å²) in [5.41, 5.74) is 0. The summed E-state index contributed by atoms with van der Waals surface area (Å²) in [6.45, 7) is 7.62. The maximum atomic E-state index is 12.0. The van der Waals surface area contributed by atoms with E-state index in [1.54, 1.807) is 0 Å². The van der Waals surface area contributed by atoms with E-state index in [2.05, 4.69) is 32.9 Å². The molecule has 0 aliphatic heterocycles. The Morgan fingerprint density at radius 3 is 1.17 bits per heavy atom. The molecule has 2 heteroatoms. The molecule has 0 aromatic heterocycles. The van der Waals surface area contributed by atoms with Gasteiger partial charge < -0.3 is 4.74 Å². The van der Waals surface area contributed by atoms with E-state index >= 15 is 0 Å². The van der Waals surface area contributed by atoms with Gasteiger partial charge in [-0.1, -0.05) is 232 Å². The third kappa shape index (κ3) is 41.4. The smallest absolute Gasteiger partial charge is 0.305 e. The minimum absolute atomic E-state index is 0.0191. The maximum Gasteiger partial charge on any atom is 0.305 e. The van der Waals surface area contributed by atoms with E-state index in [1.165, 1.54) is 218 Å². The predicted octanol–water partition coefficient (Wildman–Crippen LogP) is 16.6. The second kappa shape index (κ2) is 42.4. The minimum Gasteiger partial charge on any atom is -0.466 e. The number of rotatable bonds is 41. The molecule has 0 amide bonds. The van der Waals surface area contributed by atoms with Crippen LogP contribution in [-0.2, 0) is 9.53 Å². The van der Waals surface area contributed by atoms with Gasteiger partial charge >= 0.3 is 5.97 Å². The molecule has 0 saturated heterocycles. The van der Waals surface area contributed by atoms with Gasteiger partial charge in [0.15, 0.2) is 0 Å². The van der Waals surface area contributed by atoms with E-state index in [0.717, 1.165) is 25.2 Å².